The molecule has 2 saturated carbocycles. The van der Waals surface area contributed by atoms with Crippen LogP contribution in [-0.4, -0.2) is 25.5 Å². The van der Waals surface area contributed by atoms with Crippen molar-refractivity contribution in [2.45, 2.75) is 43.2 Å². The predicted octanol–water partition coefficient (Wildman–Crippen LogP) is 2.14. The molecular weight excluding hydrogens is 294 g/mol. The lowest BCUT2D eigenvalue weighted by atomic mass is 9.93. The number of fused-ring (bicyclic) bond motifs is 2. The van der Waals surface area contributed by atoms with Gasteiger partial charge in [-0.15, -0.1) is 0 Å². The predicted molar refractivity (Wildman–Crippen MR) is 74.9 cm³/mol. The first-order chi connectivity index (χ1) is 9.87. The Balaban J connectivity index is 1.77. The van der Waals surface area contributed by atoms with Gasteiger partial charge in [0.25, 0.3) is 10.1 Å². The lowest BCUT2D eigenvalue weighted by Crippen LogP contribution is -2.37. The number of nitro groups is 1. The van der Waals surface area contributed by atoms with Crippen LogP contribution in [0.5, 0.6) is 0 Å². The Morgan fingerprint density at radius 2 is 1.86 bits per heavy atom. The number of hydrogen-bond acceptors (Lipinski definition) is 5. The third-order valence-electron chi connectivity index (χ3n) is 4.55. The molecule has 114 valence electrons. The molecule has 0 aliphatic heterocycles. The summed E-state index contributed by atoms with van der Waals surface area (Å²) in [6.07, 6.45) is 1.27. The quantitative estimate of drug-likeness (QED) is 0.483. The molecule has 0 unspecified atom stereocenters. The Morgan fingerprint density at radius 1 is 1.19 bits per heavy atom. The molecule has 3 rings (SSSR count). The summed E-state index contributed by atoms with van der Waals surface area (Å²) in [5.41, 5.74) is 0.960. The molecule has 7 heteroatoms. The van der Waals surface area contributed by atoms with Crippen LogP contribution >= 0.6 is 0 Å². The van der Waals surface area contributed by atoms with Gasteiger partial charge in [-0.05, 0) is 37.8 Å². The van der Waals surface area contributed by atoms with Gasteiger partial charge < -0.3 is 0 Å². The number of rotatable bonds is 4. The van der Waals surface area contributed by atoms with Crippen molar-refractivity contribution in [3.8, 4) is 0 Å². The Bertz CT molecular complexity index is 654. The Morgan fingerprint density at radius 3 is 2.43 bits per heavy atom. The minimum atomic E-state index is -3.85. The summed E-state index contributed by atoms with van der Waals surface area (Å²) < 4.78 is 29.8. The third-order valence-corrected chi connectivity index (χ3v) is 5.90. The summed E-state index contributed by atoms with van der Waals surface area (Å²) in [5, 5.41) is 11.0. The van der Waals surface area contributed by atoms with Crippen LogP contribution < -0.4 is 0 Å². The van der Waals surface area contributed by atoms with Crippen molar-refractivity contribution in [1.82, 2.24) is 0 Å². The van der Waals surface area contributed by atoms with Crippen molar-refractivity contribution < 1.29 is 17.5 Å². The van der Waals surface area contributed by atoms with E-state index in [0.29, 0.717) is 19.3 Å². The van der Waals surface area contributed by atoms with Crippen LogP contribution in [0.25, 0.3) is 0 Å². The summed E-state index contributed by atoms with van der Waals surface area (Å²) in [6.45, 7) is 1.87. The van der Waals surface area contributed by atoms with Crippen molar-refractivity contribution in [3.05, 3.63) is 39.9 Å². The fraction of sp³-hybridized carbons (Fsp3) is 0.571. The van der Waals surface area contributed by atoms with Gasteiger partial charge in [0.1, 0.15) is 0 Å². The van der Waals surface area contributed by atoms with Gasteiger partial charge in [0.05, 0.1) is 16.9 Å². The second-order valence-electron chi connectivity index (χ2n) is 5.99. The molecule has 0 spiro atoms. The molecule has 21 heavy (non-hydrogen) atoms. The molecule has 0 heterocycles. The van der Waals surface area contributed by atoms with E-state index in [-0.39, 0.29) is 21.7 Å². The van der Waals surface area contributed by atoms with Crippen LogP contribution in [0.4, 0.5) is 0 Å². The molecular formula is C14H17NO5S. The summed E-state index contributed by atoms with van der Waals surface area (Å²) in [7, 11) is -3.85. The van der Waals surface area contributed by atoms with Gasteiger partial charge in [0.2, 0.25) is 6.04 Å². The zero-order valence-electron chi connectivity index (χ0n) is 11.6. The van der Waals surface area contributed by atoms with Crippen molar-refractivity contribution in [2.75, 3.05) is 0 Å². The van der Waals surface area contributed by atoms with Crippen LogP contribution in [-0.2, 0) is 14.3 Å². The lowest BCUT2D eigenvalue weighted by molar-refractivity contribution is -0.532. The van der Waals surface area contributed by atoms with E-state index in [9.17, 15) is 18.5 Å². The molecule has 2 fully saturated rings. The van der Waals surface area contributed by atoms with E-state index in [2.05, 4.69) is 0 Å². The number of hydrogen-bond donors (Lipinski definition) is 0. The topological polar surface area (TPSA) is 86.5 Å². The summed E-state index contributed by atoms with van der Waals surface area (Å²) in [6, 6.07) is 5.75. The van der Waals surface area contributed by atoms with Crippen LogP contribution in [0, 0.1) is 28.9 Å². The molecule has 4 atom stereocenters. The first-order valence-electron chi connectivity index (χ1n) is 7.00. The fourth-order valence-corrected chi connectivity index (χ4v) is 4.65. The highest BCUT2D eigenvalue weighted by molar-refractivity contribution is 7.86. The highest BCUT2D eigenvalue weighted by atomic mass is 32.2. The van der Waals surface area contributed by atoms with E-state index in [1.54, 1.807) is 12.1 Å². The van der Waals surface area contributed by atoms with Crippen LogP contribution in [0.3, 0.4) is 0 Å². The highest BCUT2D eigenvalue weighted by Crippen LogP contribution is 2.47. The first kappa shape index (κ1) is 14.5. The van der Waals surface area contributed by atoms with E-state index >= 15 is 0 Å². The van der Waals surface area contributed by atoms with E-state index in [1.165, 1.54) is 12.1 Å². The zero-order chi connectivity index (χ0) is 15.2. The highest BCUT2D eigenvalue weighted by Gasteiger charge is 2.54. The monoisotopic (exact) mass is 311 g/mol. The van der Waals surface area contributed by atoms with Crippen LogP contribution in [0.2, 0.25) is 0 Å². The average molecular weight is 311 g/mol. The maximum Gasteiger partial charge on any atom is 0.297 e. The Hall–Kier alpha value is -1.47. The maximum atomic E-state index is 12.3. The largest absolute Gasteiger partial charge is 0.297 e. The van der Waals surface area contributed by atoms with Gasteiger partial charge in [-0.2, -0.15) is 8.42 Å². The molecule has 1 aromatic carbocycles. The van der Waals surface area contributed by atoms with Gasteiger partial charge in [-0.3, -0.25) is 14.3 Å². The number of aryl methyl sites for hydroxylation is 1. The van der Waals surface area contributed by atoms with E-state index in [0.717, 1.165) is 5.56 Å². The van der Waals surface area contributed by atoms with Crippen molar-refractivity contribution in [3.63, 3.8) is 0 Å². The molecule has 0 saturated heterocycles. The molecule has 0 N–H and O–H groups in total. The summed E-state index contributed by atoms with van der Waals surface area (Å²) in [5.74, 6) is -0.0751. The molecule has 6 nitrogen and oxygen atoms in total. The number of benzene rings is 1. The Labute approximate surface area is 123 Å². The molecule has 0 radical (unpaired) electrons. The van der Waals surface area contributed by atoms with Gasteiger partial charge in [0, 0.05) is 11.3 Å². The van der Waals surface area contributed by atoms with Crippen molar-refractivity contribution in [1.29, 1.82) is 0 Å². The van der Waals surface area contributed by atoms with E-state index in [4.69, 9.17) is 4.18 Å². The second-order valence-corrected chi connectivity index (χ2v) is 7.56. The zero-order valence-corrected chi connectivity index (χ0v) is 12.5. The molecule has 2 bridgehead atoms. The molecule has 0 amide bonds. The number of nitrogens with zero attached hydrogens (tertiary/aromatic N) is 1. The SMILES string of the molecule is Cc1ccc(S(=O)(=O)O[C@@H]2C[C@H]3C[C@H]2[C@@H]([N+](=O)[O-])C3)cc1. The Kier molecular flexibility index (Phi) is 3.49. The normalized spacial score (nSPS) is 31.5. The molecule has 2 aliphatic rings. The van der Waals surface area contributed by atoms with Gasteiger partial charge in [0.15, 0.2) is 0 Å². The minimum absolute atomic E-state index is 0.105. The van der Waals surface area contributed by atoms with Crippen molar-refractivity contribution in [2.24, 2.45) is 11.8 Å². The van der Waals surface area contributed by atoms with Gasteiger partial charge in [-0.25, -0.2) is 0 Å². The smallest absolute Gasteiger partial charge is 0.264 e. The summed E-state index contributed by atoms with van der Waals surface area (Å²) >= 11 is 0. The minimum Gasteiger partial charge on any atom is -0.264 e. The standard InChI is InChI=1S/C14H17NO5S/c1-9-2-4-11(5-3-9)21(18,19)20-14-8-10-6-12(14)13(7-10)15(16)17/h2-5,10,12-14H,6-8H2,1H3/t10-,12-,13-,14+/m0/s1. The fourth-order valence-electron chi connectivity index (χ4n) is 3.53. The third kappa shape index (κ3) is 2.67. The van der Waals surface area contributed by atoms with Crippen molar-refractivity contribution >= 4 is 10.1 Å². The molecule has 0 aromatic heterocycles. The molecule has 2 aliphatic carbocycles. The lowest BCUT2D eigenvalue weighted by Gasteiger charge is -2.24. The average Bonchev–Trinajstić information content (AvgIpc) is 2.98. The maximum absolute atomic E-state index is 12.3. The van der Waals surface area contributed by atoms with Crippen LogP contribution in [0.15, 0.2) is 29.2 Å². The summed E-state index contributed by atoms with van der Waals surface area (Å²) in [4.78, 5) is 10.8. The van der Waals surface area contributed by atoms with Gasteiger partial charge in [-0.1, -0.05) is 17.7 Å². The second kappa shape index (κ2) is 5.06. The van der Waals surface area contributed by atoms with Crippen LogP contribution in [0.1, 0.15) is 24.8 Å². The van der Waals surface area contributed by atoms with E-state index < -0.39 is 22.3 Å². The van der Waals surface area contributed by atoms with E-state index in [1.807, 2.05) is 6.92 Å². The first-order valence-corrected chi connectivity index (χ1v) is 8.41. The molecule has 1 aromatic rings. The van der Waals surface area contributed by atoms with Gasteiger partial charge >= 0.3 is 0 Å².